The third kappa shape index (κ3) is 4.02. The van der Waals surface area contributed by atoms with Gasteiger partial charge < -0.3 is 19.7 Å². The Hall–Kier alpha value is -3.88. The van der Waals surface area contributed by atoms with Gasteiger partial charge in [-0.3, -0.25) is 24.1 Å². The molecule has 0 spiro atoms. The maximum atomic E-state index is 12.5. The first-order chi connectivity index (χ1) is 16.0. The number of rotatable bonds is 6. The molecule has 0 aliphatic carbocycles. The Kier molecular flexibility index (Phi) is 5.45. The summed E-state index contributed by atoms with van der Waals surface area (Å²) in [5, 5.41) is 2.89. The predicted molar refractivity (Wildman–Crippen MR) is 117 cm³/mol. The Morgan fingerprint density at radius 2 is 1.67 bits per heavy atom. The van der Waals surface area contributed by atoms with E-state index in [1.54, 1.807) is 47.4 Å². The number of nitrogens with zero attached hydrogens (tertiary/aromatic N) is 2. The number of carbonyl (C=O) groups excluding carboxylic acids is 4. The van der Waals surface area contributed by atoms with Crippen LogP contribution in [-0.4, -0.2) is 60.9 Å². The van der Waals surface area contributed by atoms with Gasteiger partial charge in [-0.05, 0) is 30.7 Å². The van der Waals surface area contributed by atoms with E-state index >= 15 is 0 Å². The Morgan fingerprint density at radius 1 is 0.970 bits per heavy atom. The highest BCUT2D eigenvalue weighted by Gasteiger charge is 2.35. The van der Waals surface area contributed by atoms with Gasteiger partial charge in [0.1, 0.15) is 13.2 Å². The SMILES string of the molecule is O=C(CCCN1C(=O)c2ccccc2C1=O)NC1CC(=O)N(c2ccc3c(c2)OCCO3)C1. The van der Waals surface area contributed by atoms with Crippen molar-refractivity contribution < 1.29 is 28.7 Å². The largest absolute Gasteiger partial charge is 0.486 e. The number of amides is 4. The van der Waals surface area contributed by atoms with Gasteiger partial charge in [-0.25, -0.2) is 0 Å². The van der Waals surface area contributed by atoms with E-state index in [9.17, 15) is 19.2 Å². The van der Waals surface area contributed by atoms with E-state index in [-0.39, 0.29) is 49.1 Å². The van der Waals surface area contributed by atoms with Crippen LogP contribution in [0, 0.1) is 0 Å². The molecule has 2 aromatic rings. The first kappa shape index (κ1) is 21.0. The molecule has 1 N–H and O–H groups in total. The van der Waals surface area contributed by atoms with E-state index in [0.29, 0.717) is 54.5 Å². The monoisotopic (exact) mass is 449 g/mol. The summed E-state index contributed by atoms with van der Waals surface area (Å²) in [4.78, 5) is 52.6. The van der Waals surface area contributed by atoms with E-state index < -0.39 is 0 Å². The van der Waals surface area contributed by atoms with Crippen LogP contribution in [0.15, 0.2) is 42.5 Å². The van der Waals surface area contributed by atoms with Crippen LogP contribution in [0.25, 0.3) is 0 Å². The average molecular weight is 449 g/mol. The van der Waals surface area contributed by atoms with Crippen LogP contribution < -0.4 is 19.7 Å². The Labute approximate surface area is 190 Å². The van der Waals surface area contributed by atoms with Crippen molar-refractivity contribution in [1.29, 1.82) is 0 Å². The molecule has 3 heterocycles. The number of imide groups is 1. The summed E-state index contributed by atoms with van der Waals surface area (Å²) < 4.78 is 11.1. The summed E-state index contributed by atoms with van der Waals surface area (Å²) in [5.41, 5.74) is 1.50. The third-order valence-electron chi connectivity index (χ3n) is 5.99. The predicted octanol–water partition coefficient (Wildman–Crippen LogP) is 1.76. The second-order valence-corrected chi connectivity index (χ2v) is 8.21. The van der Waals surface area contributed by atoms with Gasteiger partial charge in [-0.15, -0.1) is 0 Å². The molecule has 9 nitrogen and oxygen atoms in total. The van der Waals surface area contributed by atoms with Gasteiger partial charge in [-0.2, -0.15) is 0 Å². The van der Waals surface area contributed by atoms with Gasteiger partial charge in [0.2, 0.25) is 11.8 Å². The van der Waals surface area contributed by atoms with Crippen molar-refractivity contribution in [2.24, 2.45) is 0 Å². The number of anilines is 1. The van der Waals surface area contributed by atoms with Crippen LogP contribution in [0.2, 0.25) is 0 Å². The minimum atomic E-state index is -0.326. The van der Waals surface area contributed by atoms with E-state index in [1.807, 2.05) is 0 Å². The van der Waals surface area contributed by atoms with Crippen molar-refractivity contribution in [2.75, 3.05) is 31.2 Å². The summed E-state index contributed by atoms with van der Waals surface area (Å²) in [6.45, 7) is 1.50. The molecule has 3 aliphatic heterocycles. The number of benzene rings is 2. The summed E-state index contributed by atoms with van der Waals surface area (Å²) in [6, 6.07) is 11.8. The first-order valence-electron chi connectivity index (χ1n) is 11.0. The number of ether oxygens (including phenoxy) is 2. The van der Waals surface area contributed by atoms with Crippen LogP contribution in [0.3, 0.4) is 0 Å². The molecule has 5 rings (SSSR count). The van der Waals surface area contributed by atoms with Crippen LogP contribution in [-0.2, 0) is 9.59 Å². The van der Waals surface area contributed by atoms with E-state index in [2.05, 4.69) is 5.32 Å². The second-order valence-electron chi connectivity index (χ2n) is 8.21. The van der Waals surface area contributed by atoms with Gasteiger partial charge in [0.05, 0.1) is 17.2 Å². The maximum Gasteiger partial charge on any atom is 0.261 e. The number of fused-ring (bicyclic) bond motifs is 2. The number of hydrogen-bond acceptors (Lipinski definition) is 6. The number of nitrogens with one attached hydrogen (secondary N) is 1. The molecule has 2 aromatic carbocycles. The molecular formula is C24H23N3O6. The molecule has 1 saturated heterocycles. The lowest BCUT2D eigenvalue weighted by molar-refractivity contribution is -0.121. The lowest BCUT2D eigenvalue weighted by atomic mass is 10.1. The lowest BCUT2D eigenvalue weighted by Crippen LogP contribution is -2.38. The fourth-order valence-electron chi connectivity index (χ4n) is 4.39. The van der Waals surface area contributed by atoms with Crippen LogP contribution in [0.1, 0.15) is 40.0 Å². The van der Waals surface area contributed by atoms with E-state index in [1.165, 1.54) is 4.90 Å². The number of hydrogen-bond donors (Lipinski definition) is 1. The zero-order valence-corrected chi connectivity index (χ0v) is 17.9. The van der Waals surface area contributed by atoms with Gasteiger partial charge in [0.15, 0.2) is 11.5 Å². The van der Waals surface area contributed by atoms with Gasteiger partial charge in [0.25, 0.3) is 11.8 Å². The molecule has 9 heteroatoms. The topological polar surface area (TPSA) is 105 Å². The molecule has 1 unspecified atom stereocenters. The van der Waals surface area contributed by atoms with Crippen LogP contribution >= 0.6 is 0 Å². The van der Waals surface area contributed by atoms with Crippen molar-refractivity contribution in [3.05, 3.63) is 53.6 Å². The maximum absolute atomic E-state index is 12.5. The van der Waals surface area contributed by atoms with Crippen LogP contribution in [0.4, 0.5) is 5.69 Å². The highest BCUT2D eigenvalue weighted by atomic mass is 16.6. The van der Waals surface area contributed by atoms with Crippen LogP contribution in [0.5, 0.6) is 11.5 Å². The Morgan fingerprint density at radius 3 is 2.39 bits per heavy atom. The molecule has 170 valence electrons. The zero-order chi connectivity index (χ0) is 22.9. The molecule has 1 atom stereocenters. The fourth-order valence-corrected chi connectivity index (χ4v) is 4.39. The highest BCUT2D eigenvalue weighted by molar-refractivity contribution is 6.21. The quantitative estimate of drug-likeness (QED) is 0.674. The molecule has 3 aliphatic rings. The molecule has 0 radical (unpaired) electrons. The molecule has 1 fully saturated rings. The summed E-state index contributed by atoms with van der Waals surface area (Å²) in [6.07, 6.45) is 0.713. The van der Waals surface area contributed by atoms with Crippen molar-refractivity contribution in [3.63, 3.8) is 0 Å². The zero-order valence-electron chi connectivity index (χ0n) is 17.9. The minimum Gasteiger partial charge on any atom is -0.486 e. The van der Waals surface area contributed by atoms with Crippen molar-refractivity contribution in [3.8, 4) is 11.5 Å². The van der Waals surface area contributed by atoms with E-state index in [0.717, 1.165) is 0 Å². The molecule has 33 heavy (non-hydrogen) atoms. The molecule has 0 aromatic heterocycles. The van der Waals surface area contributed by atoms with Crippen molar-refractivity contribution in [1.82, 2.24) is 10.2 Å². The highest BCUT2D eigenvalue weighted by Crippen LogP contribution is 2.35. The number of carbonyl (C=O) groups is 4. The Bertz CT molecular complexity index is 1110. The second kappa shape index (κ2) is 8.57. The van der Waals surface area contributed by atoms with Gasteiger partial charge in [0, 0.05) is 37.7 Å². The molecule has 0 saturated carbocycles. The van der Waals surface area contributed by atoms with Crippen molar-refractivity contribution >= 4 is 29.3 Å². The Balaban J connectivity index is 1.12. The normalized spacial score (nSPS) is 19.2. The summed E-state index contributed by atoms with van der Waals surface area (Å²) in [7, 11) is 0. The van der Waals surface area contributed by atoms with Gasteiger partial charge >= 0.3 is 0 Å². The fraction of sp³-hybridized carbons (Fsp3) is 0.333. The average Bonchev–Trinajstić information content (AvgIpc) is 3.31. The first-order valence-corrected chi connectivity index (χ1v) is 11.0. The summed E-state index contributed by atoms with van der Waals surface area (Å²) >= 11 is 0. The third-order valence-corrected chi connectivity index (χ3v) is 5.99. The smallest absolute Gasteiger partial charge is 0.261 e. The van der Waals surface area contributed by atoms with Gasteiger partial charge in [-0.1, -0.05) is 12.1 Å². The molecule has 0 bridgehead atoms. The minimum absolute atomic E-state index is 0.0806. The lowest BCUT2D eigenvalue weighted by Gasteiger charge is -2.22. The summed E-state index contributed by atoms with van der Waals surface area (Å²) in [5.74, 6) is 0.308. The standard InChI is InChI=1S/C24H23N3O6/c28-21(6-3-9-26-23(30)17-4-1-2-5-18(17)24(26)31)25-15-12-22(29)27(14-15)16-7-8-19-20(13-16)33-11-10-32-19/h1-2,4-5,7-8,13,15H,3,6,9-12,14H2,(H,25,28). The van der Waals surface area contributed by atoms with E-state index in [4.69, 9.17) is 9.47 Å². The van der Waals surface area contributed by atoms with Crippen molar-refractivity contribution in [2.45, 2.75) is 25.3 Å². The molecule has 4 amide bonds. The molecular weight excluding hydrogens is 426 g/mol.